The van der Waals surface area contributed by atoms with Crippen LogP contribution in [-0.4, -0.2) is 46.5 Å². The Bertz CT molecular complexity index is 835. The Hall–Kier alpha value is -3.46. The molecule has 9 heteroatoms. The number of rotatable bonds is 7. The number of aromatic nitrogens is 4. The van der Waals surface area contributed by atoms with Crippen molar-refractivity contribution in [1.82, 2.24) is 20.2 Å². The van der Waals surface area contributed by atoms with Gasteiger partial charge in [-0.1, -0.05) is 6.07 Å². The van der Waals surface area contributed by atoms with Crippen molar-refractivity contribution in [2.75, 3.05) is 31.0 Å². The van der Waals surface area contributed by atoms with Gasteiger partial charge in [0, 0.05) is 19.4 Å². The van der Waals surface area contributed by atoms with Crippen LogP contribution in [0.5, 0.6) is 5.88 Å². The number of hydrogen-bond donors (Lipinski definition) is 3. The van der Waals surface area contributed by atoms with Gasteiger partial charge in [0.25, 0.3) is 0 Å². The first-order valence-corrected chi connectivity index (χ1v) is 7.87. The summed E-state index contributed by atoms with van der Waals surface area (Å²) in [6.45, 7) is 0.890. The van der Waals surface area contributed by atoms with Gasteiger partial charge in [0.2, 0.25) is 5.88 Å². The number of pyridine rings is 2. The van der Waals surface area contributed by atoms with E-state index >= 15 is 0 Å². The van der Waals surface area contributed by atoms with Gasteiger partial charge in [-0.2, -0.15) is 5.10 Å². The van der Waals surface area contributed by atoms with Crippen molar-refractivity contribution >= 4 is 17.4 Å². The molecule has 3 heterocycles. The molecule has 26 heavy (non-hydrogen) atoms. The Morgan fingerprint density at radius 2 is 2.04 bits per heavy atom. The Kier molecular flexibility index (Phi) is 5.73. The summed E-state index contributed by atoms with van der Waals surface area (Å²) in [5, 5.41) is 12.2. The van der Waals surface area contributed by atoms with Crippen molar-refractivity contribution in [2.24, 2.45) is 0 Å². The molecule has 0 atom stereocenters. The molecule has 0 saturated heterocycles. The second-order valence-electron chi connectivity index (χ2n) is 5.18. The Labute approximate surface area is 149 Å². The standard InChI is InChI=1S/C17H18N6O3/c1-25-8-9-26-15-6-5-12(10-19-15)21-17(24)22-14-11-20-23-16(14)13-4-2-3-7-18-13/h2-7,10-11H,8-9H2,1H3,(H,20,23)(H2,21,22,24). The van der Waals surface area contributed by atoms with Crippen molar-refractivity contribution in [3.05, 3.63) is 48.9 Å². The number of hydrogen-bond acceptors (Lipinski definition) is 6. The zero-order valence-corrected chi connectivity index (χ0v) is 14.1. The second-order valence-corrected chi connectivity index (χ2v) is 5.18. The molecule has 0 spiro atoms. The minimum Gasteiger partial charge on any atom is -0.475 e. The van der Waals surface area contributed by atoms with Crippen molar-refractivity contribution in [1.29, 1.82) is 0 Å². The molecule has 0 aromatic carbocycles. The van der Waals surface area contributed by atoms with Crippen molar-refractivity contribution < 1.29 is 14.3 Å². The first kappa shape index (κ1) is 17.4. The molecule has 0 radical (unpaired) electrons. The highest BCUT2D eigenvalue weighted by Gasteiger charge is 2.12. The first-order valence-electron chi connectivity index (χ1n) is 7.87. The van der Waals surface area contributed by atoms with Crippen LogP contribution in [0.4, 0.5) is 16.2 Å². The molecule has 0 aliphatic carbocycles. The van der Waals surface area contributed by atoms with E-state index in [-0.39, 0.29) is 0 Å². The van der Waals surface area contributed by atoms with E-state index in [0.717, 1.165) is 0 Å². The van der Waals surface area contributed by atoms with Crippen molar-refractivity contribution in [3.63, 3.8) is 0 Å². The highest BCUT2D eigenvalue weighted by atomic mass is 16.5. The lowest BCUT2D eigenvalue weighted by molar-refractivity contribution is 0.144. The van der Waals surface area contributed by atoms with Gasteiger partial charge in [0.05, 0.1) is 36.1 Å². The zero-order valence-electron chi connectivity index (χ0n) is 14.1. The van der Waals surface area contributed by atoms with Gasteiger partial charge in [-0.05, 0) is 18.2 Å². The maximum atomic E-state index is 12.2. The number of anilines is 2. The molecule has 0 bridgehead atoms. The van der Waals surface area contributed by atoms with E-state index in [0.29, 0.717) is 41.9 Å². The summed E-state index contributed by atoms with van der Waals surface area (Å²) in [4.78, 5) is 20.6. The smallest absolute Gasteiger partial charge is 0.323 e. The van der Waals surface area contributed by atoms with Crippen LogP contribution < -0.4 is 15.4 Å². The summed E-state index contributed by atoms with van der Waals surface area (Å²) in [6.07, 6.45) is 4.70. The number of nitrogens with zero attached hydrogens (tertiary/aromatic N) is 3. The van der Waals surface area contributed by atoms with E-state index in [1.807, 2.05) is 18.2 Å². The summed E-state index contributed by atoms with van der Waals surface area (Å²) in [7, 11) is 1.60. The molecule has 0 aliphatic heterocycles. The summed E-state index contributed by atoms with van der Waals surface area (Å²) in [5.74, 6) is 0.459. The van der Waals surface area contributed by atoms with E-state index in [1.165, 1.54) is 12.4 Å². The lowest BCUT2D eigenvalue weighted by atomic mass is 10.2. The normalized spacial score (nSPS) is 10.3. The van der Waals surface area contributed by atoms with E-state index in [9.17, 15) is 4.79 Å². The number of H-pyrrole nitrogens is 1. The molecule has 0 aliphatic rings. The molecular formula is C17H18N6O3. The van der Waals surface area contributed by atoms with Gasteiger partial charge in [-0.3, -0.25) is 10.1 Å². The first-order chi connectivity index (χ1) is 12.8. The minimum absolute atomic E-state index is 0.410. The van der Waals surface area contributed by atoms with Gasteiger partial charge >= 0.3 is 6.03 Å². The fourth-order valence-corrected chi connectivity index (χ4v) is 2.14. The number of nitrogens with one attached hydrogen (secondary N) is 3. The molecule has 3 N–H and O–H groups in total. The molecule has 3 aromatic rings. The van der Waals surface area contributed by atoms with Crippen LogP contribution in [-0.2, 0) is 4.74 Å². The predicted octanol–water partition coefficient (Wildman–Crippen LogP) is 2.54. The molecule has 3 aromatic heterocycles. The minimum atomic E-state index is -0.418. The average Bonchev–Trinajstić information content (AvgIpc) is 3.12. The highest BCUT2D eigenvalue weighted by molar-refractivity contribution is 6.01. The number of ether oxygens (including phenoxy) is 2. The van der Waals surface area contributed by atoms with E-state index in [1.54, 1.807) is 25.4 Å². The van der Waals surface area contributed by atoms with Gasteiger partial charge in [-0.25, -0.2) is 9.78 Å². The third kappa shape index (κ3) is 4.54. The fourth-order valence-electron chi connectivity index (χ4n) is 2.14. The summed E-state index contributed by atoms with van der Waals surface area (Å²) in [6, 6.07) is 8.44. The molecule has 0 unspecified atom stereocenters. The Balaban J connectivity index is 1.59. The number of aromatic amines is 1. The van der Waals surface area contributed by atoms with Crippen LogP contribution in [0.25, 0.3) is 11.4 Å². The maximum absolute atomic E-state index is 12.2. The van der Waals surface area contributed by atoms with Crippen LogP contribution in [0, 0.1) is 0 Å². The van der Waals surface area contributed by atoms with Crippen LogP contribution in [0.3, 0.4) is 0 Å². The molecule has 134 valence electrons. The summed E-state index contributed by atoms with van der Waals surface area (Å²) >= 11 is 0. The lowest BCUT2D eigenvalue weighted by Gasteiger charge is -2.08. The Morgan fingerprint density at radius 1 is 1.12 bits per heavy atom. The largest absolute Gasteiger partial charge is 0.475 e. The van der Waals surface area contributed by atoms with Gasteiger partial charge in [-0.15, -0.1) is 0 Å². The fraction of sp³-hybridized carbons (Fsp3) is 0.176. The molecule has 0 fully saturated rings. The van der Waals surface area contributed by atoms with Gasteiger partial charge in [0.1, 0.15) is 12.3 Å². The molecule has 2 amide bonds. The molecular weight excluding hydrogens is 336 g/mol. The Morgan fingerprint density at radius 3 is 2.77 bits per heavy atom. The topological polar surface area (TPSA) is 114 Å². The highest BCUT2D eigenvalue weighted by Crippen LogP contribution is 2.23. The van der Waals surface area contributed by atoms with Crippen LogP contribution in [0.2, 0.25) is 0 Å². The van der Waals surface area contributed by atoms with Crippen molar-refractivity contribution in [2.45, 2.75) is 0 Å². The number of urea groups is 1. The van der Waals surface area contributed by atoms with E-state index in [2.05, 4.69) is 30.8 Å². The summed E-state index contributed by atoms with van der Waals surface area (Å²) in [5.41, 5.74) is 2.36. The monoisotopic (exact) mass is 354 g/mol. The summed E-state index contributed by atoms with van der Waals surface area (Å²) < 4.78 is 10.3. The molecule has 3 rings (SSSR count). The molecule has 0 saturated carbocycles. The third-order valence-electron chi connectivity index (χ3n) is 3.34. The van der Waals surface area contributed by atoms with Crippen LogP contribution >= 0.6 is 0 Å². The van der Waals surface area contributed by atoms with Gasteiger partial charge < -0.3 is 20.1 Å². The zero-order chi connectivity index (χ0) is 18.2. The van der Waals surface area contributed by atoms with E-state index in [4.69, 9.17) is 9.47 Å². The van der Waals surface area contributed by atoms with Crippen molar-refractivity contribution in [3.8, 4) is 17.3 Å². The quantitative estimate of drug-likeness (QED) is 0.562. The van der Waals surface area contributed by atoms with Gasteiger partial charge in [0.15, 0.2) is 0 Å². The van der Waals surface area contributed by atoms with Crippen LogP contribution in [0.1, 0.15) is 0 Å². The third-order valence-corrected chi connectivity index (χ3v) is 3.34. The van der Waals surface area contributed by atoms with E-state index < -0.39 is 6.03 Å². The molecule has 9 nitrogen and oxygen atoms in total. The average molecular weight is 354 g/mol. The number of carbonyl (C=O) groups is 1. The predicted molar refractivity (Wildman–Crippen MR) is 96.1 cm³/mol. The maximum Gasteiger partial charge on any atom is 0.323 e. The number of carbonyl (C=O) groups excluding carboxylic acids is 1. The number of amides is 2. The van der Waals surface area contributed by atoms with Crippen LogP contribution in [0.15, 0.2) is 48.9 Å². The lowest BCUT2D eigenvalue weighted by Crippen LogP contribution is -2.19. The SMILES string of the molecule is COCCOc1ccc(NC(=O)Nc2cn[nH]c2-c2ccccn2)cn1. The number of methoxy groups -OCH3 is 1. The second kappa shape index (κ2) is 8.58.